The SMILES string of the molecule is COCCN(CC1CN(CC(O)COCc2ccccc2)CCO1)C(=O)c1cccc(F)c1. The monoisotopic (exact) mass is 460 g/mol. The van der Waals surface area contributed by atoms with Crippen molar-refractivity contribution in [2.45, 2.75) is 18.8 Å². The molecule has 2 aromatic rings. The van der Waals surface area contributed by atoms with Gasteiger partial charge in [0.25, 0.3) is 5.91 Å². The predicted molar refractivity (Wildman–Crippen MR) is 122 cm³/mol. The van der Waals surface area contributed by atoms with E-state index in [2.05, 4.69) is 4.90 Å². The minimum atomic E-state index is -0.619. The third kappa shape index (κ3) is 8.49. The summed E-state index contributed by atoms with van der Waals surface area (Å²) in [4.78, 5) is 16.7. The number of methoxy groups -OCH3 is 1. The highest BCUT2D eigenvalue weighted by Gasteiger charge is 2.26. The molecule has 7 nitrogen and oxygen atoms in total. The molecule has 8 heteroatoms. The number of ether oxygens (including phenoxy) is 3. The molecule has 1 aliphatic rings. The first-order valence-electron chi connectivity index (χ1n) is 11.2. The molecular formula is C25H33FN2O5. The smallest absolute Gasteiger partial charge is 0.254 e. The normalized spacial score (nSPS) is 17.6. The van der Waals surface area contributed by atoms with E-state index in [-0.39, 0.29) is 18.6 Å². The number of benzene rings is 2. The number of amides is 1. The molecule has 1 amide bonds. The maximum atomic E-state index is 13.6. The molecule has 2 atom stereocenters. The minimum Gasteiger partial charge on any atom is -0.389 e. The van der Waals surface area contributed by atoms with Gasteiger partial charge in [-0.05, 0) is 23.8 Å². The number of halogens is 1. The maximum Gasteiger partial charge on any atom is 0.254 e. The highest BCUT2D eigenvalue weighted by molar-refractivity contribution is 5.94. The Kier molecular flexibility index (Phi) is 10.2. The number of aliphatic hydroxyl groups is 1. The molecule has 0 aromatic heterocycles. The summed E-state index contributed by atoms with van der Waals surface area (Å²) in [6.45, 7) is 4.05. The lowest BCUT2D eigenvalue weighted by molar-refractivity contribution is -0.0605. The summed E-state index contributed by atoms with van der Waals surface area (Å²) < 4.78 is 30.3. The van der Waals surface area contributed by atoms with Gasteiger partial charge in [0.2, 0.25) is 0 Å². The largest absolute Gasteiger partial charge is 0.389 e. The molecule has 180 valence electrons. The van der Waals surface area contributed by atoms with Gasteiger partial charge in [-0.3, -0.25) is 9.69 Å². The quantitative estimate of drug-likeness (QED) is 0.524. The van der Waals surface area contributed by atoms with Gasteiger partial charge in [-0.2, -0.15) is 0 Å². The first-order chi connectivity index (χ1) is 16.0. The van der Waals surface area contributed by atoms with Crippen LogP contribution in [0.25, 0.3) is 0 Å². The first kappa shape index (κ1) is 25.3. The van der Waals surface area contributed by atoms with Crippen LogP contribution < -0.4 is 0 Å². The number of nitrogens with zero attached hydrogens (tertiary/aromatic N) is 2. The summed E-state index contributed by atoms with van der Waals surface area (Å²) in [6.07, 6.45) is -0.837. The highest BCUT2D eigenvalue weighted by Crippen LogP contribution is 2.13. The van der Waals surface area contributed by atoms with Crippen molar-refractivity contribution in [3.05, 3.63) is 71.5 Å². The summed E-state index contributed by atoms with van der Waals surface area (Å²) >= 11 is 0. The Morgan fingerprint density at radius 1 is 1.27 bits per heavy atom. The van der Waals surface area contributed by atoms with E-state index in [9.17, 15) is 14.3 Å². The second-order valence-corrected chi connectivity index (χ2v) is 8.16. The number of morpholine rings is 1. The molecule has 2 aromatic carbocycles. The van der Waals surface area contributed by atoms with E-state index in [1.165, 1.54) is 18.2 Å². The number of carbonyl (C=O) groups excluding carboxylic acids is 1. The lowest BCUT2D eigenvalue weighted by Gasteiger charge is -2.36. The van der Waals surface area contributed by atoms with Gasteiger partial charge in [-0.25, -0.2) is 4.39 Å². The van der Waals surface area contributed by atoms with Crippen molar-refractivity contribution in [3.63, 3.8) is 0 Å². The van der Waals surface area contributed by atoms with Gasteiger partial charge in [-0.1, -0.05) is 36.4 Å². The fraction of sp³-hybridized carbons (Fsp3) is 0.480. The van der Waals surface area contributed by atoms with E-state index >= 15 is 0 Å². The van der Waals surface area contributed by atoms with Crippen LogP contribution in [0.3, 0.4) is 0 Å². The van der Waals surface area contributed by atoms with Crippen LogP contribution in [0.5, 0.6) is 0 Å². The molecule has 0 radical (unpaired) electrons. The van der Waals surface area contributed by atoms with Crippen molar-refractivity contribution < 1.29 is 28.5 Å². The van der Waals surface area contributed by atoms with E-state index in [4.69, 9.17) is 14.2 Å². The van der Waals surface area contributed by atoms with Crippen LogP contribution in [-0.2, 0) is 20.8 Å². The lowest BCUT2D eigenvalue weighted by atomic mass is 10.1. The van der Waals surface area contributed by atoms with Crippen LogP contribution in [-0.4, -0.2) is 92.7 Å². The number of β-amino-alcohol motifs (C(OH)–C–C–N with tert-alkyl or cyclic N) is 1. The Morgan fingerprint density at radius 3 is 2.85 bits per heavy atom. The molecule has 2 unspecified atom stereocenters. The van der Waals surface area contributed by atoms with Crippen LogP contribution >= 0.6 is 0 Å². The summed E-state index contributed by atoms with van der Waals surface area (Å²) in [5.74, 6) is -0.710. The molecule has 0 spiro atoms. The van der Waals surface area contributed by atoms with E-state index < -0.39 is 11.9 Å². The zero-order valence-electron chi connectivity index (χ0n) is 19.1. The van der Waals surface area contributed by atoms with Crippen LogP contribution in [0.1, 0.15) is 15.9 Å². The molecular weight excluding hydrogens is 427 g/mol. The molecule has 3 rings (SSSR count). The zero-order valence-corrected chi connectivity index (χ0v) is 19.1. The van der Waals surface area contributed by atoms with E-state index in [1.807, 2.05) is 30.3 Å². The third-order valence-electron chi connectivity index (χ3n) is 5.46. The van der Waals surface area contributed by atoms with Gasteiger partial charge in [0.15, 0.2) is 0 Å². The van der Waals surface area contributed by atoms with Gasteiger partial charge in [0.1, 0.15) is 5.82 Å². The van der Waals surface area contributed by atoms with Gasteiger partial charge in [0, 0.05) is 45.4 Å². The van der Waals surface area contributed by atoms with Gasteiger partial charge in [0.05, 0.1) is 38.6 Å². The fourth-order valence-corrected chi connectivity index (χ4v) is 3.82. The van der Waals surface area contributed by atoms with Crippen LogP contribution in [0.4, 0.5) is 4.39 Å². The lowest BCUT2D eigenvalue weighted by Crippen LogP contribution is -2.51. The topological polar surface area (TPSA) is 71.5 Å². The number of hydrogen-bond donors (Lipinski definition) is 1. The second kappa shape index (κ2) is 13.4. The summed E-state index contributed by atoms with van der Waals surface area (Å²) in [7, 11) is 1.57. The summed E-state index contributed by atoms with van der Waals surface area (Å²) in [5.41, 5.74) is 1.36. The molecule has 33 heavy (non-hydrogen) atoms. The Hall–Kier alpha value is -2.36. The van der Waals surface area contributed by atoms with Crippen LogP contribution in [0.15, 0.2) is 54.6 Å². The zero-order chi connectivity index (χ0) is 23.5. The van der Waals surface area contributed by atoms with Crippen LogP contribution in [0.2, 0.25) is 0 Å². The van der Waals surface area contributed by atoms with E-state index in [1.54, 1.807) is 18.1 Å². The standard InChI is InChI=1S/C25H33FN2O5/c1-31-12-11-28(25(30)21-8-5-9-22(26)14-21)17-24-16-27(10-13-33-24)15-23(29)19-32-18-20-6-3-2-4-7-20/h2-9,14,23-24,29H,10-13,15-19H2,1H3. The van der Waals surface area contributed by atoms with Crippen molar-refractivity contribution >= 4 is 5.91 Å². The first-order valence-corrected chi connectivity index (χ1v) is 11.2. The van der Waals surface area contributed by atoms with Gasteiger partial charge in [-0.15, -0.1) is 0 Å². The van der Waals surface area contributed by atoms with Crippen molar-refractivity contribution in [2.24, 2.45) is 0 Å². The summed E-state index contributed by atoms with van der Waals surface area (Å²) in [6, 6.07) is 15.5. The Balaban J connectivity index is 1.49. The maximum absolute atomic E-state index is 13.6. The third-order valence-corrected chi connectivity index (χ3v) is 5.46. The van der Waals surface area contributed by atoms with Gasteiger partial charge >= 0.3 is 0 Å². The second-order valence-electron chi connectivity index (χ2n) is 8.16. The van der Waals surface area contributed by atoms with Crippen molar-refractivity contribution in [1.82, 2.24) is 9.80 Å². The highest BCUT2D eigenvalue weighted by atomic mass is 19.1. The molecule has 1 fully saturated rings. The van der Waals surface area contributed by atoms with Crippen molar-refractivity contribution in [2.75, 3.05) is 59.7 Å². The van der Waals surface area contributed by atoms with Crippen LogP contribution in [0, 0.1) is 5.82 Å². The number of hydrogen-bond acceptors (Lipinski definition) is 6. The summed E-state index contributed by atoms with van der Waals surface area (Å²) in [5, 5.41) is 10.4. The average molecular weight is 461 g/mol. The Bertz CT molecular complexity index is 854. The molecule has 0 saturated carbocycles. The molecule has 1 saturated heterocycles. The van der Waals surface area contributed by atoms with Crippen molar-refractivity contribution in [3.8, 4) is 0 Å². The van der Waals surface area contributed by atoms with E-state index in [0.717, 1.165) is 5.56 Å². The Labute approximate surface area is 194 Å². The molecule has 0 bridgehead atoms. The van der Waals surface area contributed by atoms with Crippen molar-refractivity contribution in [1.29, 1.82) is 0 Å². The van der Waals surface area contributed by atoms with Gasteiger partial charge < -0.3 is 24.2 Å². The Morgan fingerprint density at radius 2 is 2.09 bits per heavy atom. The number of carbonyl (C=O) groups is 1. The average Bonchev–Trinajstić information content (AvgIpc) is 2.82. The number of aliphatic hydroxyl groups excluding tert-OH is 1. The fourth-order valence-electron chi connectivity index (χ4n) is 3.82. The molecule has 1 aliphatic heterocycles. The predicted octanol–water partition coefficient (Wildman–Crippen LogP) is 2.19. The van der Waals surface area contributed by atoms with E-state index in [0.29, 0.717) is 58.1 Å². The number of rotatable bonds is 12. The minimum absolute atomic E-state index is 0.217. The molecule has 1 heterocycles. The molecule has 1 N–H and O–H groups in total. The molecule has 0 aliphatic carbocycles.